The standard InChI is InChI=1S/C7H12/c1-5-6-7(2,3)4/h1H,6H2,2-4H3/i1D,6D2. The summed E-state index contributed by atoms with van der Waals surface area (Å²) in [5.41, 5.74) is -0.513. The molecule has 0 nitrogen and oxygen atoms in total. The summed E-state index contributed by atoms with van der Waals surface area (Å²) in [5, 5.41) is 0. The molecule has 0 unspecified atom stereocenters. The number of hydrogen-bond acceptors (Lipinski definition) is 0. The highest BCUT2D eigenvalue weighted by Gasteiger charge is 2.05. The highest BCUT2D eigenvalue weighted by molar-refractivity contribution is 4.88. The van der Waals surface area contributed by atoms with Crippen molar-refractivity contribution in [2.75, 3.05) is 0 Å². The van der Waals surface area contributed by atoms with Crippen LogP contribution in [0.1, 0.15) is 31.3 Å². The molecule has 0 aromatic carbocycles. The van der Waals surface area contributed by atoms with E-state index in [1.54, 1.807) is 20.8 Å². The van der Waals surface area contributed by atoms with E-state index in [1.165, 1.54) is 0 Å². The van der Waals surface area contributed by atoms with Crippen molar-refractivity contribution in [1.29, 1.82) is 0 Å². The molecule has 0 spiro atoms. The van der Waals surface area contributed by atoms with Crippen molar-refractivity contribution in [2.45, 2.75) is 27.1 Å². The van der Waals surface area contributed by atoms with Crippen LogP contribution in [0.3, 0.4) is 0 Å². The van der Waals surface area contributed by atoms with Crippen LogP contribution in [0.4, 0.5) is 0 Å². The molecule has 0 heterocycles. The molecular weight excluding hydrogens is 84.1 g/mol. The Bertz CT molecular complexity index is 166. The van der Waals surface area contributed by atoms with Crippen LogP contribution >= 0.6 is 0 Å². The Labute approximate surface area is 50.1 Å². The molecule has 0 aromatic heterocycles. The van der Waals surface area contributed by atoms with Crippen LogP contribution < -0.4 is 0 Å². The maximum atomic E-state index is 7.35. The van der Waals surface area contributed by atoms with Gasteiger partial charge in [0.1, 0.15) is 1.37 Å². The largest absolute Gasteiger partial charge is 0.124 e. The Morgan fingerprint density at radius 3 is 2.57 bits per heavy atom. The molecule has 0 radical (unpaired) electrons. The minimum absolute atomic E-state index is 0.513. The monoisotopic (exact) mass is 99.1 g/mol. The number of rotatable bonds is 0. The van der Waals surface area contributed by atoms with Crippen LogP contribution in [0.15, 0.2) is 0 Å². The fourth-order valence-electron chi connectivity index (χ4n) is 0.188. The van der Waals surface area contributed by atoms with Crippen molar-refractivity contribution < 1.29 is 4.11 Å². The van der Waals surface area contributed by atoms with E-state index in [9.17, 15) is 0 Å². The molecule has 0 saturated heterocycles. The Morgan fingerprint density at radius 1 is 1.86 bits per heavy atom. The molecule has 0 aliphatic carbocycles. The van der Waals surface area contributed by atoms with Crippen LogP contribution in [0, 0.1) is 17.7 Å². The first-order chi connectivity index (χ1) is 4.31. The molecule has 0 aliphatic rings. The van der Waals surface area contributed by atoms with Crippen molar-refractivity contribution in [3.05, 3.63) is 0 Å². The average molecular weight is 99.2 g/mol. The smallest absolute Gasteiger partial charge is 0.120 e. The summed E-state index contributed by atoms with van der Waals surface area (Å²) < 4.78 is 21.2. The molecule has 0 rings (SSSR count). The van der Waals surface area contributed by atoms with Gasteiger partial charge in [0.05, 0.1) is 0 Å². The SMILES string of the molecule is [2H]C#CC([2H])([2H])C(C)(C)C. The lowest BCUT2D eigenvalue weighted by molar-refractivity contribution is 0.428. The first-order valence-electron chi connectivity index (χ1n) is 3.75. The van der Waals surface area contributed by atoms with E-state index < -0.39 is 11.8 Å². The molecule has 40 valence electrons. The number of terminal acetylenes is 1. The summed E-state index contributed by atoms with van der Waals surface area (Å²) in [7, 11) is 0. The third-order valence-corrected chi connectivity index (χ3v) is 0.438. The third-order valence-electron chi connectivity index (χ3n) is 0.438. The molecular formula is C7H12. The highest BCUT2D eigenvalue weighted by atomic mass is 14.1. The molecule has 7 heavy (non-hydrogen) atoms. The predicted molar refractivity (Wildman–Crippen MR) is 32.9 cm³/mol. The van der Waals surface area contributed by atoms with Crippen molar-refractivity contribution in [3.8, 4) is 12.3 Å². The second-order valence-electron chi connectivity index (χ2n) is 2.50. The van der Waals surface area contributed by atoms with Crippen LogP contribution in [0.5, 0.6) is 0 Å². The molecule has 0 fully saturated rings. The first-order valence-corrected chi connectivity index (χ1v) is 2.25. The van der Waals surface area contributed by atoms with Gasteiger partial charge in [-0.1, -0.05) is 20.8 Å². The van der Waals surface area contributed by atoms with E-state index in [0.717, 1.165) is 0 Å². The van der Waals surface area contributed by atoms with Crippen LogP contribution in [-0.4, -0.2) is 0 Å². The van der Waals surface area contributed by atoms with Gasteiger partial charge in [0.25, 0.3) is 0 Å². The van der Waals surface area contributed by atoms with Crippen LogP contribution in [-0.2, 0) is 0 Å². The third kappa shape index (κ3) is 5.56. The van der Waals surface area contributed by atoms with Gasteiger partial charge in [0.15, 0.2) is 0 Å². The van der Waals surface area contributed by atoms with Crippen molar-refractivity contribution in [2.24, 2.45) is 5.41 Å². The summed E-state index contributed by atoms with van der Waals surface area (Å²) in [6.07, 6.45) is 0.279. The zero-order valence-electron chi connectivity index (χ0n) is 8.00. The summed E-state index contributed by atoms with van der Waals surface area (Å²) in [5.74, 6) is 2.21. The molecule has 0 N–H and O–H groups in total. The average Bonchev–Trinajstić information content (AvgIpc) is 1.61. The Hall–Kier alpha value is -0.440. The second kappa shape index (κ2) is 2.02. The van der Waals surface area contributed by atoms with Gasteiger partial charge in [-0.2, -0.15) is 0 Å². The quantitative estimate of drug-likeness (QED) is 0.408. The van der Waals surface area contributed by atoms with Gasteiger partial charge in [0, 0.05) is 9.11 Å². The molecule has 0 bridgehead atoms. The van der Waals surface area contributed by atoms with E-state index >= 15 is 0 Å². The lowest BCUT2D eigenvalue weighted by Gasteiger charge is -2.11. The molecule has 0 aromatic rings. The van der Waals surface area contributed by atoms with Gasteiger partial charge in [-0.15, -0.1) is 12.3 Å². The van der Waals surface area contributed by atoms with Gasteiger partial charge in [0.2, 0.25) is 0 Å². The first kappa shape index (κ1) is 2.77. The fraction of sp³-hybridized carbons (Fsp3) is 0.714. The molecule has 0 aliphatic heterocycles. The van der Waals surface area contributed by atoms with Gasteiger partial charge in [-0.3, -0.25) is 0 Å². The molecule has 0 heteroatoms. The minimum Gasteiger partial charge on any atom is -0.120 e. The normalized spacial score (nSPS) is 17.9. The van der Waals surface area contributed by atoms with Crippen molar-refractivity contribution in [1.82, 2.24) is 0 Å². The summed E-state index contributed by atoms with van der Waals surface area (Å²) >= 11 is 0. The summed E-state index contributed by atoms with van der Waals surface area (Å²) in [4.78, 5) is 0. The number of hydrogen-bond donors (Lipinski definition) is 0. The van der Waals surface area contributed by atoms with Gasteiger partial charge in [-0.25, -0.2) is 0 Å². The van der Waals surface area contributed by atoms with Crippen LogP contribution in [0.2, 0.25) is 0 Å². The lowest BCUT2D eigenvalue weighted by atomic mass is 9.93. The van der Waals surface area contributed by atoms with Gasteiger partial charge < -0.3 is 0 Å². The Balaban J connectivity index is 4.51. The van der Waals surface area contributed by atoms with Crippen molar-refractivity contribution in [3.63, 3.8) is 0 Å². The topological polar surface area (TPSA) is 0 Å². The van der Waals surface area contributed by atoms with E-state index in [4.69, 9.17) is 4.11 Å². The molecule has 0 amide bonds. The molecule has 0 saturated carbocycles. The van der Waals surface area contributed by atoms with Crippen molar-refractivity contribution >= 4 is 0 Å². The van der Waals surface area contributed by atoms with Crippen LogP contribution in [0.25, 0.3) is 0 Å². The predicted octanol–water partition coefficient (Wildman–Crippen LogP) is 2.06. The maximum absolute atomic E-state index is 7.35. The Morgan fingerprint density at radius 2 is 2.43 bits per heavy atom. The minimum atomic E-state index is -1.56. The van der Waals surface area contributed by atoms with E-state index in [2.05, 4.69) is 5.92 Å². The van der Waals surface area contributed by atoms with E-state index in [-0.39, 0.29) is 0 Å². The Kier molecular flexibility index (Phi) is 0.800. The van der Waals surface area contributed by atoms with E-state index in [1.807, 2.05) is 6.40 Å². The highest BCUT2D eigenvalue weighted by Crippen LogP contribution is 2.16. The van der Waals surface area contributed by atoms with E-state index in [0.29, 0.717) is 0 Å². The summed E-state index contributed by atoms with van der Waals surface area (Å²) in [6, 6.07) is 0. The lowest BCUT2D eigenvalue weighted by Crippen LogP contribution is -2.01. The van der Waals surface area contributed by atoms with Gasteiger partial charge >= 0.3 is 0 Å². The summed E-state index contributed by atoms with van der Waals surface area (Å²) in [6.45, 7) is 5.28. The maximum Gasteiger partial charge on any atom is 0.124 e. The molecule has 0 atom stereocenters. The fourth-order valence-corrected chi connectivity index (χ4v) is 0.188. The zero-order chi connectivity index (χ0) is 8.41. The zero-order valence-corrected chi connectivity index (χ0v) is 5.00. The van der Waals surface area contributed by atoms with Gasteiger partial charge in [-0.05, 0) is 5.41 Å². The second-order valence-corrected chi connectivity index (χ2v) is 2.50.